The van der Waals surface area contributed by atoms with Crippen molar-refractivity contribution in [2.45, 2.75) is 18.3 Å². The molecule has 2 N–H and O–H groups in total. The molecule has 0 aromatic rings. The fourth-order valence-electron chi connectivity index (χ4n) is 1.59. The summed E-state index contributed by atoms with van der Waals surface area (Å²) in [5, 5.41) is -0.341. The van der Waals surface area contributed by atoms with Crippen LogP contribution in [-0.2, 0) is 9.84 Å². The van der Waals surface area contributed by atoms with Crippen molar-refractivity contribution in [2.24, 2.45) is 5.73 Å². The minimum Gasteiger partial charge on any atom is -0.327 e. The summed E-state index contributed by atoms with van der Waals surface area (Å²) in [7, 11) is -2.97. The molecule has 2 atom stereocenters. The van der Waals surface area contributed by atoms with Gasteiger partial charge in [-0.2, -0.15) is 11.8 Å². The normalized spacial score (nSPS) is 27.5. The Morgan fingerprint density at radius 2 is 2.29 bits per heavy atom. The summed E-state index contributed by atoms with van der Waals surface area (Å²) in [5.74, 6) is 1.67. The Hall–Kier alpha value is 0.220. The quantitative estimate of drug-likeness (QED) is 0.735. The molecule has 4 nitrogen and oxygen atoms in total. The van der Waals surface area contributed by atoms with E-state index in [1.165, 1.54) is 6.26 Å². The van der Waals surface area contributed by atoms with Crippen molar-refractivity contribution in [1.29, 1.82) is 0 Å². The zero-order valence-corrected chi connectivity index (χ0v) is 10.3. The van der Waals surface area contributed by atoms with Crippen LogP contribution in [0.4, 0.5) is 0 Å². The first-order valence-electron chi connectivity index (χ1n) is 4.67. The van der Waals surface area contributed by atoms with E-state index in [1.54, 1.807) is 11.8 Å². The van der Waals surface area contributed by atoms with Crippen LogP contribution in [0.2, 0.25) is 0 Å². The van der Waals surface area contributed by atoms with Crippen LogP contribution in [0.5, 0.6) is 0 Å². The molecule has 0 amide bonds. The highest BCUT2D eigenvalue weighted by molar-refractivity contribution is 8.00. The van der Waals surface area contributed by atoms with E-state index in [4.69, 9.17) is 5.73 Å². The lowest BCUT2D eigenvalue weighted by molar-refractivity contribution is 0.258. The van der Waals surface area contributed by atoms with Gasteiger partial charge in [0.15, 0.2) is 9.84 Å². The zero-order chi connectivity index (χ0) is 10.8. The summed E-state index contributed by atoms with van der Waals surface area (Å²) >= 11 is 1.70. The van der Waals surface area contributed by atoms with Crippen LogP contribution in [0.3, 0.4) is 0 Å². The number of hydrogen-bond acceptors (Lipinski definition) is 5. The third kappa shape index (κ3) is 3.42. The van der Waals surface area contributed by atoms with E-state index in [-0.39, 0.29) is 11.4 Å². The van der Waals surface area contributed by atoms with E-state index in [1.807, 2.05) is 11.8 Å². The van der Waals surface area contributed by atoms with Crippen molar-refractivity contribution in [2.75, 3.05) is 30.9 Å². The molecule has 0 bridgehead atoms. The molecule has 0 saturated carbocycles. The number of thioether (sulfide) groups is 1. The van der Waals surface area contributed by atoms with Gasteiger partial charge in [-0.25, -0.2) is 8.42 Å². The average Bonchev–Trinajstić information content (AvgIpc) is 2.01. The lowest BCUT2D eigenvalue weighted by Gasteiger charge is -2.34. The number of sulfone groups is 1. The van der Waals surface area contributed by atoms with E-state index < -0.39 is 9.84 Å². The Morgan fingerprint density at radius 3 is 2.79 bits per heavy atom. The molecule has 1 saturated heterocycles. The van der Waals surface area contributed by atoms with Gasteiger partial charge in [-0.1, -0.05) is 0 Å². The molecule has 84 valence electrons. The molecular weight excluding hydrogens is 220 g/mol. The van der Waals surface area contributed by atoms with E-state index in [0.29, 0.717) is 12.3 Å². The Labute approximate surface area is 90.1 Å². The van der Waals surface area contributed by atoms with E-state index in [0.717, 1.165) is 12.3 Å². The summed E-state index contributed by atoms with van der Waals surface area (Å²) in [6.45, 7) is 3.39. The van der Waals surface area contributed by atoms with Gasteiger partial charge >= 0.3 is 0 Å². The minimum atomic E-state index is -2.97. The lowest BCUT2D eigenvalue weighted by atomic mass is 10.3. The Balaban J connectivity index is 2.69. The van der Waals surface area contributed by atoms with Crippen LogP contribution < -0.4 is 5.73 Å². The van der Waals surface area contributed by atoms with Gasteiger partial charge < -0.3 is 5.73 Å². The maximum atomic E-state index is 11.5. The first-order chi connectivity index (χ1) is 6.41. The number of nitrogens with zero attached hydrogens (tertiary/aromatic N) is 1. The average molecular weight is 238 g/mol. The van der Waals surface area contributed by atoms with Gasteiger partial charge in [-0.3, -0.25) is 4.90 Å². The molecule has 0 aromatic carbocycles. The van der Waals surface area contributed by atoms with Crippen molar-refractivity contribution >= 4 is 21.6 Å². The second-order valence-electron chi connectivity index (χ2n) is 3.83. The Bertz CT molecular complexity index is 277. The van der Waals surface area contributed by atoms with Crippen molar-refractivity contribution < 1.29 is 8.42 Å². The second kappa shape index (κ2) is 4.83. The molecule has 2 unspecified atom stereocenters. The second-order valence-corrected chi connectivity index (χ2v) is 7.18. The third-order valence-electron chi connectivity index (χ3n) is 2.21. The maximum absolute atomic E-state index is 11.5. The number of nitrogens with two attached hydrogens (primary N) is 1. The molecule has 1 heterocycles. The van der Waals surface area contributed by atoms with Crippen LogP contribution in [0.1, 0.15) is 6.92 Å². The minimum absolute atomic E-state index is 0.0300. The van der Waals surface area contributed by atoms with Crippen molar-refractivity contribution in [3.05, 3.63) is 0 Å². The number of rotatable bonds is 3. The standard InChI is InChI=1S/C8H18N2O2S2/c1-7(9)5-10-3-4-13-6-8(10)14(2,11)12/h7-8H,3-6,9H2,1-2H3. The molecule has 0 spiro atoms. The summed E-state index contributed by atoms with van der Waals surface area (Å²) < 4.78 is 23.0. The maximum Gasteiger partial charge on any atom is 0.164 e. The highest BCUT2D eigenvalue weighted by Gasteiger charge is 2.30. The van der Waals surface area contributed by atoms with E-state index in [2.05, 4.69) is 0 Å². The predicted octanol–water partition coefficient (Wildman–Crippen LogP) is -0.247. The Morgan fingerprint density at radius 1 is 1.64 bits per heavy atom. The molecule has 0 aromatic heterocycles. The van der Waals surface area contributed by atoms with Crippen LogP contribution in [0.25, 0.3) is 0 Å². The van der Waals surface area contributed by atoms with Gasteiger partial charge in [0.05, 0.1) is 0 Å². The number of hydrogen-bond donors (Lipinski definition) is 1. The summed E-state index contributed by atoms with van der Waals surface area (Å²) in [6, 6.07) is 0.0300. The smallest absolute Gasteiger partial charge is 0.164 e. The van der Waals surface area contributed by atoms with Crippen LogP contribution in [0.15, 0.2) is 0 Å². The monoisotopic (exact) mass is 238 g/mol. The fraction of sp³-hybridized carbons (Fsp3) is 1.00. The summed E-state index contributed by atoms with van der Waals surface area (Å²) in [6.07, 6.45) is 1.30. The van der Waals surface area contributed by atoms with Gasteiger partial charge in [0.1, 0.15) is 5.37 Å². The van der Waals surface area contributed by atoms with Gasteiger partial charge in [0.2, 0.25) is 0 Å². The highest BCUT2D eigenvalue weighted by atomic mass is 32.2. The first-order valence-corrected chi connectivity index (χ1v) is 7.78. The molecule has 0 aliphatic carbocycles. The Kier molecular flexibility index (Phi) is 4.24. The third-order valence-corrected chi connectivity index (χ3v) is 4.89. The lowest BCUT2D eigenvalue weighted by Crippen LogP contribution is -2.50. The van der Waals surface area contributed by atoms with Crippen LogP contribution in [-0.4, -0.2) is 55.6 Å². The van der Waals surface area contributed by atoms with Crippen molar-refractivity contribution in [1.82, 2.24) is 4.90 Å². The molecule has 1 aliphatic rings. The van der Waals surface area contributed by atoms with Gasteiger partial charge in [0, 0.05) is 36.9 Å². The fourth-order valence-corrected chi connectivity index (χ4v) is 4.54. The zero-order valence-electron chi connectivity index (χ0n) is 8.64. The van der Waals surface area contributed by atoms with Crippen LogP contribution in [0, 0.1) is 0 Å². The predicted molar refractivity (Wildman–Crippen MR) is 61.2 cm³/mol. The van der Waals surface area contributed by atoms with E-state index >= 15 is 0 Å². The van der Waals surface area contributed by atoms with Crippen LogP contribution >= 0.6 is 11.8 Å². The SMILES string of the molecule is CC(N)CN1CCSCC1S(C)(=O)=O. The molecule has 1 aliphatic heterocycles. The van der Waals surface area contributed by atoms with Crippen molar-refractivity contribution in [3.63, 3.8) is 0 Å². The van der Waals surface area contributed by atoms with Gasteiger partial charge in [-0.15, -0.1) is 0 Å². The van der Waals surface area contributed by atoms with Gasteiger partial charge in [-0.05, 0) is 6.92 Å². The molecule has 6 heteroatoms. The summed E-state index contributed by atoms with van der Waals surface area (Å²) in [4.78, 5) is 1.98. The van der Waals surface area contributed by atoms with Gasteiger partial charge in [0.25, 0.3) is 0 Å². The highest BCUT2D eigenvalue weighted by Crippen LogP contribution is 2.20. The summed E-state index contributed by atoms with van der Waals surface area (Å²) in [5.41, 5.74) is 5.69. The molecule has 1 fully saturated rings. The first kappa shape index (κ1) is 12.3. The largest absolute Gasteiger partial charge is 0.327 e. The molecule has 14 heavy (non-hydrogen) atoms. The molecular formula is C8H18N2O2S2. The molecule has 0 radical (unpaired) electrons. The topological polar surface area (TPSA) is 63.4 Å². The van der Waals surface area contributed by atoms with E-state index in [9.17, 15) is 8.42 Å². The van der Waals surface area contributed by atoms with Crippen molar-refractivity contribution in [3.8, 4) is 0 Å². The molecule has 1 rings (SSSR count).